The summed E-state index contributed by atoms with van der Waals surface area (Å²) in [6, 6.07) is 4.03. The maximum absolute atomic E-state index is 11.8. The first-order valence-electron chi connectivity index (χ1n) is 6.80. The molecule has 1 saturated heterocycles. The number of pyridine rings is 1. The number of methoxy groups -OCH3 is 1. The van der Waals surface area contributed by atoms with Crippen LogP contribution in [0.4, 0.5) is 4.79 Å². The van der Waals surface area contributed by atoms with Crippen molar-refractivity contribution in [3.8, 4) is 0 Å². The van der Waals surface area contributed by atoms with Gasteiger partial charge in [0.25, 0.3) is 0 Å². The fraction of sp³-hybridized carbons (Fsp3) is 0.600. The highest BCUT2D eigenvalue weighted by Gasteiger charge is 2.39. The van der Waals surface area contributed by atoms with E-state index >= 15 is 0 Å². The molecular formula is C15H22N2O3. The van der Waals surface area contributed by atoms with Crippen molar-refractivity contribution in [2.45, 2.75) is 39.4 Å². The summed E-state index contributed by atoms with van der Waals surface area (Å²) in [4.78, 5) is 17.9. The molecule has 0 aromatic carbocycles. The van der Waals surface area contributed by atoms with Crippen molar-refractivity contribution in [2.75, 3.05) is 20.2 Å². The third-order valence-corrected chi connectivity index (χ3v) is 3.56. The van der Waals surface area contributed by atoms with Crippen LogP contribution in [0.25, 0.3) is 0 Å². The zero-order valence-corrected chi connectivity index (χ0v) is 12.8. The molecule has 2 atom stereocenters. The molecule has 5 heteroatoms. The van der Waals surface area contributed by atoms with Crippen LogP contribution in [0.3, 0.4) is 0 Å². The fourth-order valence-electron chi connectivity index (χ4n) is 2.83. The lowest BCUT2D eigenvalue weighted by molar-refractivity contribution is -0.137. The third-order valence-electron chi connectivity index (χ3n) is 3.56. The molecule has 1 aliphatic heterocycles. The van der Waals surface area contributed by atoms with Crippen LogP contribution in [0, 0.1) is 13.8 Å². The molecule has 1 aromatic heterocycles. The van der Waals surface area contributed by atoms with E-state index in [4.69, 9.17) is 9.47 Å². The third kappa shape index (κ3) is 2.93. The fourth-order valence-corrected chi connectivity index (χ4v) is 2.83. The molecule has 1 amide bonds. The maximum atomic E-state index is 11.8. The Labute approximate surface area is 119 Å². The van der Waals surface area contributed by atoms with Crippen molar-refractivity contribution in [1.29, 1.82) is 0 Å². The molecule has 110 valence electrons. The van der Waals surface area contributed by atoms with Crippen molar-refractivity contribution in [1.82, 2.24) is 9.88 Å². The van der Waals surface area contributed by atoms with Gasteiger partial charge in [0.15, 0.2) is 0 Å². The highest BCUT2D eigenvalue weighted by atomic mass is 16.5. The van der Waals surface area contributed by atoms with E-state index < -0.39 is 5.60 Å². The van der Waals surface area contributed by atoms with Gasteiger partial charge in [-0.1, -0.05) is 0 Å². The Hall–Kier alpha value is -1.62. The number of aryl methyl sites for hydroxylation is 2. The Balaban J connectivity index is 2.34. The molecule has 20 heavy (non-hydrogen) atoms. The predicted octanol–water partition coefficient (Wildman–Crippen LogP) is 2.40. The lowest BCUT2D eigenvalue weighted by atomic mass is 9.92. The second kappa shape index (κ2) is 5.40. The smallest absolute Gasteiger partial charge is 0.409 e. The number of carbonyl (C=O) groups excluding carboxylic acids is 1. The molecule has 0 bridgehead atoms. The van der Waals surface area contributed by atoms with E-state index in [1.54, 1.807) is 4.90 Å². The van der Waals surface area contributed by atoms with Crippen LogP contribution in [0.15, 0.2) is 12.1 Å². The molecule has 1 unspecified atom stereocenters. The molecule has 0 saturated carbocycles. The number of rotatable bonds is 1. The van der Waals surface area contributed by atoms with Gasteiger partial charge in [-0.05, 0) is 45.4 Å². The van der Waals surface area contributed by atoms with Crippen LogP contribution in [-0.2, 0) is 15.1 Å². The summed E-state index contributed by atoms with van der Waals surface area (Å²) < 4.78 is 11.0. The highest BCUT2D eigenvalue weighted by molar-refractivity contribution is 5.67. The number of aromatic nitrogens is 1. The maximum Gasteiger partial charge on any atom is 0.409 e. The van der Waals surface area contributed by atoms with Crippen LogP contribution >= 0.6 is 0 Å². The minimum absolute atomic E-state index is 0.0402. The number of hydrogen-bond acceptors (Lipinski definition) is 4. The van der Waals surface area contributed by atoms with Gasteiger partial charge >= 0.3 is 6.09 Å². The first-order chi connectivity index (χ1) is 9.34. The van der Waals surface area contributed by atoms with E-state index in [0.29, 0.717) is 13.1 Å². The Morgan fingerprint density at radius 1 is 1.45 bits per heavy atom. The number of carbonyl (C=O) groups is 1. The normalized spacial score (nSPS) is 26.4. The Bertz CT molecular complexity index is 498. The summed E-state index contributed by atoms with van der Waals surface area (Å²) >= 11 is 0. The van der Waals surface area contributed by atoms with Crippen molar-refractivity contribution in [3.63, 3.8) is 0 Å². The average Bonchev–Trinajstić information content (AvgIpc) is 2.35. The lowest BCUT2D eigenvalue weighted by Gasteiger charge is -2.43. The molecule has 0 aliphatic carbocycles. The van der Waals surface area contributed by atoms with E-state index in [9.17, 15) is 4.79 Å². The van der Waals surface area contributed by atoms with Crippen molar-refractivity contribution < 1.29 is 14.3 Å². The quantitative estimate of drug-likeness (QED) is 0.791. The van der Waals surface area contributed by atoms with E-state index in [2.05, 4.69) is 4.98 Å². The Morgan fingerprint density at radius 2 is 2.05 bits per heavy atom. The van der Waals surface area contributed by atoms with Crippen molar-refractivity contribution >= 4 is 6.09 Å². The van der Waals surface area contributed by atoms with Gasteiger partial charge < -0.3 is 14.4 Å². The number of amides is 1. The van der Waals surface area contributed by atoms with Gasteiger partial charge in [0.05, 0.1) is 26.3 Å². The zero-order chi connectivity index (χ0) is 14.9. The van der Waals surface area contributed by atoms with E-state index in [-0.39, 0.29) is 12.2 Å². The summed E-state index contributed by atoms with van der Waals surface area (Å²) in [6.07, 6.45) is -0.351. The largest absolute Gasteiger partial charge is 0.453 e. The second-order valence-electron chi connectivity index (χ2n) is 5.65. The van der Waals surface area contributed by atoms with E-state index in [1.807, 2.05) is 39.8 Å². The standard InChI is InChI=1S/C15H22N2O3/c1-10-6-13(7-11(2)16-10)15(4)9-17(14(18)19-5)8-12(3)20-15/h6-7,12H,8-9H2,1-5H3/t12-,15?/m0/s1. The van der Waals surface area contributed by atoms with Gasteiger partial charge in [0.1, 0.15) is 5.60 Å². The van der Waals surface area contributed by atoms with Crippen LogP contribution in [0.5, 0.6) is 0 Å². The molecule has 0 spiro atoms. The zero-order valence-electron chi connectivity index (χ0n) is 12.8. The summed E-state index contributed by atoms with van der Waals surface area (Å²) in [7, 11) is 1.40. The monoisotopic (exact) mass is 278 g/mol. The molecule has 1 aliphatic rings. The van der Waals surface area contributed by atoms with Crippen LogP contribution in [-0.4, -0.2) is 42.3 Å². The van der Waals surface area contributed by atoms with Crippen LogP contribution in [0.2, 0.25) is 0 Å². The van der Waals surface area contributed by atoms with Gasteiger partial charge in [-0.3, -0.25) is 4.98 Å². The molecule has 1 fully saturated rings. The minimum atomic E-state index is -0.537. The predicted molar refractivity (Wildman–Crippen MR) is 75.6 cm³/mol. The average molecular weight is 278 g/mol. The van der Waals surface area contributed by atoms with Gasteiger partial charge in [0.2, 0.25) is 0 Å². The Morgan fingerprint density at radius 3 is 2.60 bits per heavy atom. The van der Waals surface area contributed by atoms with Crippen molar-refractivity contribution in [3.05, 3.63) is 29.1 Å². The molecule has 0 radical (unpaired) electrons. The summed E-state index contributed by atoms with van der Waals surface area (Å²) in [5.74, 6) is 0. The number of nitrogens with zero attached hydrogens (tertiary/aromatic N) is 2. The van der Waals surface area contributed by atoms with Crippen LogP contribution < -0.4 is 0 Å². The molecule has 2 rings (SSSR count). The van der Waals surface area contributed by atoms with Crippen LogP contribution in [0.1, 0.15) is 30.8 Å². The molecule has 2 heterocycles. The lowest BCUT2D eigenvalue weighted by Crippen LogP contribution is -2.53. The SMILES string of the molecule is COC(=O)N1C[C@H](C)OC(C)(c2cc(C)nc(C)c2)C1. The molecule has 1 aromatic rings. The van der Waals surface area contributed by atoms with E-state index in [1.165, 1.54) is 7.11 Å². The molecule has 0 N–H and O–H groups in total. The number of hydrogen-bond donors (Lipinski definition) is 0. The minimum Gasteiger partial charge on any atom is -0.453 e. The van der Waals surface area contributed by atoms with Crippen molar-refractivity contribution in [2.24, 2.45) is 0 Å². The second-order valence-corrected chi connectivity index (χ2v) is 5.65. The van der Waals surface area contributed by atoms with Gasteiger partial charge in [0, 0.05) is 11.4 Å². The van der Waals surface area contributed by atoms with Gasteiger partial charge in [-0.15, -0.1) is 0 Å². The number of ether oxygens (including phenoxy) is 2. The number of morpholine rings is 1. The molecule has 5 nitrogen and oxygen atoms in total. The topological polar surface area (TPSA) is 51.7 Å². The van der Waals surface area contributed by atoms with E-state index in [0.717, 1.165) is 17.0 Å². The first kappa shape index (κ1) is 14.8. The Kier molecular flexibility index (Phi) is 3.99. The summed E-state index contributed by atoms with van der Waals surface area (Å²) in [6.45, 7) is 8.92. The summed E-state index contributed by atoms with van der Waals surface area (Å²) in [5.41, 5.74) is 2.41. The van der Waals surface area contributed by atoms with Gasteiger partial charge in [-0.2, -0.15) is 0 Å². The molecular weight excluding hydrogens is 256 g/mol. The highest BCUT2D eigenvalue weighted by Crippen LogP contribution is 2.32. The van der Waals surface area contributed by atoms with Gasteiger partial charge in [-0.25, -0.2) is 4.79 Å². The summed E-state index contributed by atoms with van der Waals surface area (Å²) in [5, 5.41) is 0. The first-order valence-corrected chi connectivity index (χ1v) is 6.80.